The Labute approximate surface area is 114 Å². The molecule has 0 aliphatic rings. The van der Waals surface area contributed by atoms with Gasteiger partial charge in [0, 0.05) is 27.6 Å². The lowest BCUT2D eigenvalue weighted by molar-refractivity contribution is -0.119. The summed E-state index contributed by atoms with van der Waals surface area (Å²) in [7, 11) is -1.27. The van der Waals surface area contributed by atoms with Crippen LogP contribution >= 0.6 is 11.6 Å². The molecule has 100 valence electrons. The van der Waals surface area contributed by atoms with Crippen LogP contribution in [0.4, 0.5) is 5.69 Å². The molecule has 1 atom stereocenters. The van der Waals surface area contributed by atoms with Crippen LogP contribution in [-0.2, 0) is 21.3 Å². The van der Waals surface area contributed by atoms with E-state index in [9.17, 15) is 9.00 Å². The number of nitrogens with one attached hydrogen (secondary N) is 1. The van der Waals surface area contributed by atoms with Crippen molar-refractivity contribution in [2.24, 2.45) is 0 Å². The van der Waals surface area contributed by atoms with Crippen LogP contribution in [0.3, 0.4) is 0 Å². The maximum absolute atomic E-state index is 11.8. The zero-order chi connectivity index (χ0) is 13.7. The molecule has 0 saturated heterocycles. The second-order valence-electron chi connectivity index (χ2n) is 4.30. The molecule has 0 fully saturated rings. The van der Waals surface area contributed by atoms with Gasteiger partial charge in [0.05, 0.1) is 5.75 Å². The van der Waals surface area contributed by atoms with Gasteiger partial charge in [-0.3, -0.25) is 9.00 Å². The molecule has 1 rings (SSSR count). The van der Waals surface area contributed by atoms with Gasteiger partial charge in [-0.25, -0.2) is 0 Å². The zero-order valence-electron chi connectivity index (χ0n) is 10.4. The number of nitrogen functional groups attached to an aromatic ring is 1. The minimum atomic E-state index is -1.27. The number of hydrogen-bond acceptors (Lipinski definition) is 3. The number of nitrogens with two attached hydrogens (primary N) is 1. The second-order valence-corrected chi connectivity index (χ2v) is 6.17. The number of anilines is 1. The van der Waals surface area contributed by atoms with E-state index in [0.717, 1.165) is 5.56 Å². The van der Waals surface area contributed by atoms with Gasteiger partial charge in [-0.05, 0) is 31.5 Å². The van der Waals surface area contributed by atoms with Gasteiger partial charge in [0.15, 0.2) is 0 Å². The van der Waals surface area contributed by atoms with Gasteiger partial charge in [-0.15, -0.1) is 0 Å². The summed E-state index contributed by atoms with van der Waals surface area (Å²) in [5.41, 5.74) is 6.87. The number of carbonyl (C=O) groups excluding carboxylic acids is 1. The molecule has 1 aromatic rings. The average molecular weight is 289 g/mol. The van der Waals surface area contributed by atoms with E-state index in [4.69, 9.17) is 17.3 Å². The Morgan fingerprint density at radius 1 is 1.50 bits per heavy atom. The normalized spacial score (nSPS) is 12.4. The lowest BCUT2D eigenvalue weighted by Crippen LogP contribution is -2.33. The van der Waals surface area contributed by atoms with Crippen molar-refractivity contribution in [1.82, 2.24) is 5.32 Å². The summed E-state index contributed by atoms with van der Waals surface area (Å²) in [5.74, 6) is 0.0265. The lowest BCUT2D eigenvalue weighted by Gasteiger charge is -2.09. The zero-order valence-corrected chi connectivity index (χ0v) is 12.0. The van der Waals surface area contributed by atoms with Gasteiger partial charge in [-0.1, -0.05) is 17.7 Å². The maximum atomic E-state index is 11.8. The molecule has 0 bridgehead atoms. The van der Waals surface area contributed by atoms with E-state index < -0.39 is 10.8 Å². The Morgan fingerprint density at radius 2 is 2.17 bits per heavy atom. The molecule has 0 aliphatic heterocycles. The fourth-order valence-corrected chi connectivity index (χ4v) is 2.83. The highest BCUT2D eigenvalue weighted by molar-refractivity contribution is 7.84. The van der Waals surface area contributed by atoms with Crippen LogP contribution < -0.4 is 11.1 Å². The molecule has 1 aromatic carbocycles. The summed E-state index contributed by atoms with van der Waals surface area (Å²) < 4.78 is 11.8. The number of amides is 1. The first-order chi connectivity index (χ1) is 8.38. The minimum absolute atomic E-state index is 0.0150. The molecule has 3 N–H and O–H groups in total. The number of carbonyl (C=O) groups is 1. The van der Waals surface area contributed by atoms with Gasteiger partial charge in [-0.2, -0.15) is 0 Å². The van der Waals surface area contributed by atoms with E-state index >= 15 is 0 Å². The SMILES string of the molecule is CC(C)NC(=O)CS(=O)Cc1ccc(N)cc1Cl. The van der Waals surface area contributed by atoms with Gasteiger partial charge in [0.1, 0.15) is 5.75 Å². The summed E-state index contributed by atoms with van der Waals surface area (Å²) in [6, 6.07) is 5.10. The Hall–Kier alpha value is -1.07. The van der Waals surface area contributed by atoms with E-state index in [0.29, 0.717) is 10.7 Å². The van der Waals surface area contributed by atoms with Crippen molar-refractivity contribution in [3.63, 3.8) is 0 Å². The highest BCUT2D eigenvalue weighted by Gasteiger charge is 2.11. The number of rotatable bonds is 5. The smallest absolute Gasteiger partial charge is 0.232 e. The van der Waals surface area contributed by atoms with Crippen LogP contribution in [0.1, 0.15) is 19.4 Å². The first-order valence-corrected chi connectivity index (χ1v) is 7.43. The minimum Gasteiger partial charge on any atom is -0.399 e. The quantitative estimate of drug-likeness (QED) is 0.810. The van der Waals surface area contributed by atoms with Gasteiger partial charge >= 0.3 is 0 Å². The third-order valence-corrected chi connectivity index (χ3v) is 3.70. The predicted molar refractivity (Wildman–Crippen MR) is 75.9 cm³/mol. The maximum Gasteiger partial charge on any atom is 0.232 e. The summed E-state index contributed by atoms with van der Waals surface area (Å²) in [6.07, 6.45) is 0. The molecule has 4 nitrogen and oxygen atoms in total. The Kier molecular flexibility index (Phi) is 5.62. The number of halogens is 1. The molecule has 0 spiro atoms. The van der Waals surface area contributed by atoms with Crippen molar-refractivity contribution in [3.8, 4) is 0 Å². The molecule has 0 aliphatic carbocycles. The van der Waals surface area contributed by atoms with E-state index in [1.807, 2.05) is 13.8 Å². The van der Waals surface area contributed by atoms with Crippen LogP contribution in [0.5, 0.6) is 0 Å². The van der Waals surface area contributed by atoms with Crippen molar-refractivity contribution in [2.75, 3.05) is 11.5 Å². The molecule has 0 saturated carbocycles. The standard InChI is InChI=1S/C12H17ClN2O2S/c1-8(2)15-12(16)7-18(17)6-9-3-4-10(14)5-11(9)13/h3-5,8H,6-7,14H2,1-2H3,(H,15,16). The molecular weight excluding hydrogens is 272 g/mol. The lowest BCUT2D eigenvalue weighted by atomic mass is 10.2. The molecule has 0 aromatic heterocycles. The molecular formula is C12H17ClN2O2S. The molecule has 18 heavy (non-hydrogen) atoms. The summed E-state index contributed by atoms with van der Waals surface area (Å²) in [4.78, 5) is 11.4. The van der Waals surface area contributed by atoms with E-state index in [1.54, 1.807) is 18.2 Å². The number of hydrogen-bond donors (Lipinski definition) is 2. The second kappa shape index (κ2) is 6.75. The predicted octanol–water partition coefficient (Wildman–Crippen LogP) is 1.70. The van der Waals surface area contributed by atoms with Crippen molar-refractivity contribution < 1.29 is 9.00 Å². The van der Waals surface area contributed by atoms with Crippen LogP contribution in [0.2, 0.25) is 5.02 Å². The average Bonchev–Trinajstić information content (AvgIpc) is 2.20. The van der Waals surface area contributed by atoms with Crippen molar-refractivity contribution in [2.45, 2.75) is 25.6 Å². The highest BCUT2D eigenvalue weighted by atomic mass is 35.5. The Morgan fingerprint density at radius 3 is 2.72 bits per heavy atom. The van der Waals surface area contributed by atoms with Crippen molar-refractivity contribution in [1.29, 1.82) is 0 Å². The van der Waals surface area contributed by atoms with Crippen LogP contribution in [-0.4, -0.2) is 21.9 Å². The molecule has 0 heterocycles. The van der Waals surface area contributed by atoms with Crippen molar-refractivity contribution in [3.05, 3.63) is 28.8 Å². The Balaban J connectivity index is 2.57. The summed E-state index contributed by atoms with van der Waals surface area (Å²) >= 11 is 5.98. The first kappa shape index (κ1) is 15.0. The molecule has 1 amide bonds. The van der Waals surface area contributed by atoms with Crippen LogP contribution in [0, 0.1) is 0 Å². The monoisotopic (exact) mass is 288 g/mol. The van der Waals surface area contributed by atoms with Crippen LogP contribution in [0.25, 0.3) is 0 Å². The Bertz CT molecular complexity index is 463. The molecule has 1 unspecified atom stereocenters. The van der Waals surface area contributed by atoms with Gasteiger partial charge in [0.2, 0.25) is 5.91 Å². The third-order valence-electron chi connectivity index (χ3n) is 2.14. The third kappa shape index (κ3) is 5.06. The largest absolute Gasteiger partial charge is 0.399 e. The van der Waals surface area contributed by atoms with Gasteiger partial charge in [0.25, 0.3) is 0 Å². The van der Waals surface area contributed by atoms with Crippen LogP contribution in [0.15, 0.2) is 18.2 Å². The van der Waals surface area contributed by atoms with Crippen molar-refractivity contribution >= 4 is 34.0 Å². The fourth-order valence-electron chi connectivity index (χ4n) is 1.41. The summed E-state index contributed by atoms with van der Waals surface area (Å²) in [5, 5.41) is 3.18. The fraction of sp³-hybridized carbons (Fsp3) is 0.417. The topological polar surface area (TPSA) is 72.2 Å². The summed E-state index contributed by atoms with van der Waals surface area (Å²) in [6.45, 7) is 3.72. The molecule has 6 heteroatoms. The van der Waals surface area contributed by atoms with E-state index in [2.05, 4.69) is 5.32 Å². The van der Waals surface area contributed by atoms with E-state index in [-0.39, 0.29) is 23.5 Å². The van der Waals surface area contributed by atoms with Gasteiger partial charge < -0.3 is 11.1 Å². The highest BCUT2D eigenvalue weighted by Crippen LogP contribution is 2.20. The molecule has 0 radical (unpaired) electrons. The number of benzene rings is 1. The van der Waals surface area contributed by atoms with E-state index in [1.165, 1.54) is 0 Å². The first-order valence-electron chi connectivity index (χ1n) is 5.56.